The van der Waals surface area contributed by atoms with E-state index in [0.717, 1.165) is 16.7 Å². The first-order valence-corrected chi connectivity index (χ1v) is 15.3. The smallest absolute Gasteiger partial charge is 0.328 e. The second kappa shape index (κ2) is 16.2. The van der Waals surface area contributed by atoms with E-state index in [1.807, 2.05) is 92.4 Å². The summed E-state index contributed by atoms with van der Waals surface area (Å²) < 4.78 is 11.1. The van der Waals surface area contributed by atoms with Crippen LogP contribution in [0.2, 0.25) is 0 Å². The van der Waals surface area contributed by atoms with Gasteiger partial charge >= 0.3 is 5.97 Å². The minimum atomic E-state index is -0.714. The van der Waals surface area contributed by atoms with Gasteiger partial charge < -0.3 is 19.7 Å². The number of amides is 1. The van der Waals surface area contributed by atoms with Crippen molar-refractivity contribution in [1.82, 2.24) is 4.90 Å². The van der Waals surface area contributed by atoms with Crippen molar-refractivity contribution in [1.29, 1.82) is 0 Å². The molecule has 0 saturated heterocycles. The number of carbonyl (C=O) groups excluding carboxylic acids is 3. The molecule has 7 heteroatoms. The Morgan fingerprint density at radius 1 is 0.822 bits per heavy atom. The van der Waals surface area contributed by atoms with Gasteiger partial charge in [-0.25, -0.2) is 4.79 Å². The Morgan fingerprint density at radius 2 is 1.53 bits per heavy atom. The predicted molar refractivity (Wildman–Crippen MR) is 177 cm³/mol. The van der Waals surface area contributed by atoms with E-state index in [2.05, 4.69) is 11.4 Å². The van der Waals surface area contributed by atoms with E-state index >= 15 is 0 Å². The summed E-state index contributed by atoms with van der Waals surface area (Å²) in [4.78, 5) is 40.8. The van der Waals surface area contributed by atoms with Gasteiger partial charge in [0.05, 0.1) is 13.7 Å². The molecule has 0 radical (unpaired) electrons. The number of aryl methyl sites for hydroxylation is 1. The van der Waals surface area contributed by atoms with Gasteiger partial charge in [-0.3, -0.25) is 9.59 Å². The van der Waals surface area contributed by atoms with Crippen LogP contribution in [-0.2, 0) is 27.3 Å². The topological polar surface area (TPSA) is 84.9 Å². The number of para-hydroxylation sites is 1. The lowest BCUT2D eigenvalue weighted by molar-refractivity contribution is -0.141. The zero-order chi connectivity index (χ0) is 32.2. The Hall–Kier alpha value is -4.91. The Kier molecular flexibility index (Phi) is 11.9. The van der Waals surface area contributed by atoms with Gasteiger partial charge in [0.25, 0.3) is 0 Å². The zero-order valence-electron chi connectivity index (χ0n) is 26.5. The maximum absolute atomic E-state index is 13.2. The predicted octanol–water partition coefficient (Wildman–Crippen LogP) is 6.88. The fourth-order valence-corrected chi connectivity index (χ4v) is 5.11. The summed E-state index contributed by atoms with van der Waals surface area (Å²) in [5.74, 6) is 0.488. The highest BCUT2D eigenvalue weighted by atomic mass is 16.5. The second-order valence-corrected chi connectivity index (χ2v) is 11.6. The third-order valence-corrected chi connectivity index (χ3v) is 7.41. The molecule has 7 nitrogen and oxygen atoms in total. The van der Waals surface area contributed by atoms with Crippen LogP contribution in [0.3, 0.4) is 0 Å². The van der Waals surface area contributed by atoms with E-state index in [1.54, 1.807) is 30.3 Å². The maximum atomic E-state index is 13.2. The Balaban J connectivity index is 1.39. The molecule has 0 aliphatic heterocycles. The van der Waals surface area contributed by atoms with Gasteiger partial charge in [-0.1, -0.05) is 98.3 Å². The van der Waals surface area contributed by atoms with Crippen LogP contribution in [-0.4, -0.2) is 48.9 Å². The highest BCUT2D eigenvalue weighted by molar-refractivity contribution is 6.12. The lowest BCUT2D eigenvalue weighted by atomic mass is 10.00. The molecule has 1 N–H and O–H groups in total. The van der Waals surface area contributed by atoms with Gasteiger partial charge in [0.1, 0.15) is 18.4 Å². The largest absolute Gasteiger partial charge is 0.492 e. The molecule has 1 amide bonds. The zero-order valence-corrected chi connectivity index (χ0v) is 26.5. The standard InChI is InChI=1S/C38H42N2O5/c1-27(2)23-36(41)40(26-30-12-10-11-28(3)24-30)21-22-45-32-19-17-29(18-20-32)25-35(38(43)44-4)39-34-16-9-8-15-33(34)37(42)31-13-6-5-7-14-31/h5-20,24,27,35,39H,21-23,25-26H2,1-4H3. The molecule has 0 fully saturated rings. The van der Waals surface area contributed by atoms with E-state index in [4.69, 9.17) is 9.47 Å². The van der Waals surface area contributed by atoms with Crippen molar-refractivity contribution in [3.8, 4) is 5.75 Å². The van der Waals surface area contributed by atoms with Gasteiger partial charge in [0.2, 0.25) is 5.91 Å². The van der Waals surface area contributed by atoms with Crippen molar-refractivity contribution in [3.05, 3.63) is 131 Å². The number of carbonyl (C=O) groups is 3. The number of esters is 1. The molecule has 4 aromatic carbocycles. The van der Waals surface area contributed by atoms with Gasteiger partial charge in [0.15, 0.2) is 5.78 Å². The molecule has 0 aliphatic rings. The van der Waals surface area contributed by atoms with Crippen molar-refractivity contribution in [2.75, 3.05) is 25.6 Å². The van der Waals surface area contributed by atoms with E-state index < -0.39 is 12.0 Å². The molecule has 4 aromatic rings. The average Bonchev–Trinajstić information content (AvgIpc) is 3.04. The monoisotopic (exact) mass is 606 g/mol. The fourth-order valence-electron chi connectivity index (χ4n) is 5.11. The van der Waals surface area contributed by atoms with Crippen LogP contribution < -0.4 is 10.1 Å². The Morgan fingerprint density at radius 3 is 2.22 bits per heavy atom. The fraction of sp³-hybridized carbons (Fsp3) is 0.289. The molecule has 0 heterocycles. The van der Waals surface area contributed by atoms with Gasteiger partial charge in [0, 0.05) is 36.2 Å². The van der Waals surface area contributed by atoms with Crippen LogP contribution >= 0.6 is 0 Å². The van der Waals surface area contributed by atoms with Crippen molar-refractivity contribution in [2.45, 2.75) is 46.2 Å². The average molecular weight is 607 g/mol. The minimum Gasteiger partial charge on any atom is -0.492 e. The molecule has 4 rings (SSSR count). The molecule has 0 saturated carbocycles. The summed E-state index contributed by atoms with van der Waals surface area (Å²) in [7, 11) is 1.35. The van der Waals surface area contributed by atoms with Crippen molar-refractivity contribution >= 4 is 23.3 Å². The summed E-state index contributed by atoms with van der Waals surface area (Å²) in [6.07, 6.45) is 0.829. The molecule has 1 unspecified atom stereocenters. The number of nitrogens with zero attached hydrogens (tertiary/aromatic N) is 1. The number of rotatable bonds is 15. The van der Waals surface area contributed by atoms with Gasteiger partial charge in [-0.15, -0.1) is 0 Å². The van der Waals surface area contributed by atoms with Crippen LogP contribution in [0.1, 0.15) is 52.9 Å². The van der Waals surface area contributed by atoms with Crippen LogP contribution in [0, 0.1) is 12.8 Å². The normalized spacial score (nSPS) is 11.5. The number of methoxy groups -OCH3 is 1. The first-order chi connectivity index (χ1) is 21.7. The summed E-state index contributed by atoms with van der Waals surface area (Å²) in [6.45, 7) is 7.50. The number of ether oxygens (including phenoxy) is 2. The molecule has 0 spiro atoms. The number of nitrogens with one attached hydrogen (secondary N) is 1. The SMILES string of the molecule is COC(=O)C(Cc1ccc(OCCN(Cc2cccc(C)c2)C(=O)CC(C)C)cc1)Nc1ccccc1C(=O)c1ccccc1. The van der Waals surface area contributed by atoms with E-state index in [-0.39, 0.29) is 17.6 Å². The number of anilines is 1. The third-order valence-electron chi connectivity index (χ3n) is 7.41. The third kappa shape index (κ3) is 9.80. The maximum Gasteiger partial charge on any atom is 0.328 e. The molecular formula is C38H42N2O5. The van der Waals surface area contributed by atoms with Crippen molar-refractivity contribution in [2.24, 2.45) is 5.92 Å². The van der Waals surface area contributed by atoms with Crippen LogP contribution in [0.4, 0.5) is 5.69 Å². The summed E-state index contributed by atoms with van der Waals surface area (Å²) in [6, 6.07) is 31.2. The molecule has 1 atom stereocenters. The number of benzene rings is 4. The van der Waals surface area contributed by atoms with E-state index in [1.165, 1.54) is 7.11 Å². The molecule has 45 heavy (non-hydrogen) atoms. The number of hydrogen-bond donors (Lipinski definition) is 1. The minimum absolute atomic E-state index is 0.110. The molecule has 0 bridgehead atoms. The van der Waals surface area contributed by atoms with Gasteiger partial charge in [-0.05, 0) is 48.2 Å². The Labute approximate surface area is 266 Å². The highest BCUT2D eigenvalue weighted by Crippen LogP contribution is 2.22. The van der Waals surface area contributed by atoms with E-state index in [0.29, 0.717) is 55.1 Å². The second-order valence-electron chi connectivity index (χ2n) is 11.6. The lowest BCUT2D eigenvalue weighted by Crippen LogP contribution is -2.34. The lowest BCUT2D eigenvalue weighted by Gasteiger charge is -2.24. The van der Waals surface area contributed by atoms with Gasteiger partial charge in [-0.2, -0.15) is 0 Å². The molecule has 0 aromatic heterocycles. The Bertz CT molecular complexity index is 1570. The van der Waals surface area contributed by atoms with Crippen LogP contribution in [0.5, 0.6) is 5.75 Å². The molecule has 0 aliphatic carbocycles. The number of ketones is 1. The summed E-state index contributed by atoms with van der Waals surface area (Å²) in [5.41, 5.74) is 4.75. The summed E-state index contributed by atoms with van der Waals surface area (Å²) in [5, 5.41) is 3.24. The highest BCUT2D eigenvalue weighted by Gasteiger charge is 2.23. The quantitative estimate of drug-likeness (QED) is 0.117. The van der Waals surface area contributed by atoms with Crippen molar-refractivity contribution < 1.29 is 23.9 Å². The van der Waals surface area contributed by atoms with Crippen LogP contribution in [0.25, 0.3) is 0 Å². The summed E-state index contributed by atoms with van der Waals surface area (Å²) >= 11 is 0. The molecular weight excluding hydrogens is 564 g/mol. The number of hydrogen-bond acceptors (Lipinski definition) is 6. The van der Waals surface area contributed by atoms with E-state index in [9.17, 15) is 14.4 Å². The first kappa shape index (κ1) is 33.0. The van der Waals surface area contributed by atoms with Crippen LogP contribution in [0.15, 0.2) is 103 Å². The first-order valence-electron chi connectivity index (χ1n) is 15.3. The van der Waals surface area contributed by atoms with Crippen molar-refractivity contribution in [3.63, 3.8) is 0 Å². The molecule has 234 valence electrons.